The molecule has 2 N–H and O–H groups in total. The van der Waals surface area contributed by atoms with E-state index in [9.17, 15) is 9.59 Å². The molecule has 2 aromatic rings. The molecule has 0 bridgehead atoms. The minimum absolute atomic E-state index is 0.211. The summed E-state index contributed by atoms with van der Waals surface area (Å²) < 4.78 is 5.51. The molecule has 0 atom stereocenters. The topological polar surface area (TPSA) is 67.4 Å². The molecule has 2 amide bonds. The molecule has 5 nitrogen and oxygen atoms in total. The molecule has 25 heavy (non-hydrogen) atoms. The van der Waals surface area contributed by atoms with E-state index in [-0.39, 0.29) is 17.4 Å². The molecule has 0 radical (unpaired) electrons. The monoisotopic (exact) mass is 340 g/mol. The molecule has 0 aliphatic rings. The summed E-state index contributed by atoms with van der Waals surface area (Å²) in [7, 11) is 0. The van der Waals surface area contributed by atoms with E-state index in [4.69, 9.17) is 4.74 Å². The first-order valence-electron chi connectivity index (χ1n) is 8.26. The normalized spacial score (nSPS) is 10.9. The predicted octanol–water partition coefficient (Wildman–Crippen LogP) is 3.87. The molecule has 0 aromatic heterocycles. The average Bonchev–Trinajstić information content (AvgIpc) is 2.55. The van der Waals surface area contributed by atoms with E-state index < -0.39 is 0 Å². The van der Waals surface area contributed by atoms with E-state index in [1.807, 2.05) is 39.8 Å². The van der Waals surface area contributed by atoms with Crippen LogP contribution in [0.25, 0.3) is 0 Å². The van der Waals surface area contributed by atoms with E-state index >= 15 is 0 Å². The standard InChI is InChI=1S/C20H24N2O3/c1-5-25-17-12-7-6-11-16(17)21-18(23)14-9-8-10-15(13-14)19(24)22-20(2,3)4/h6-13H,5H2,1-4H3,(H,21,23)(H,22,24). The third-order valence-electron chi connectivity index (χ3n) is 3.31. The van der Waals surface area contributed by atoms with Crippen molar-refractivity contribution in [2.24, 2.45) is 0 Å². The first-order chi connectivity index (χ1) is 11.8. The predicted molar refractivity (Wildman–Crippen MR) is 99.2 cm³/mol. The molecule has 5 heteroatoms. The van der Waals surface area contributed by atoms with Gasteiger partial charge in [0.05, 0.1) is 12.3 Å². The van der Waals surface area contributed by atoms with Crippen molar-refractivity contribution in [3.8, 4) is 5.75 Å². The van der Waals surface area contributed by atoms with Crippen LogP contribution in [0.1, 0.15) is 48.4 Å². The van der Waals surface area contributed by atoms with Gasteiger partial charge in [-0.2, -0.15) is 0 Å². The molecule has 132 valence electrons. The Hall–Kier alpha value is -2.82. The Morgan fingerprint density at radius 3 is 2.24 bits per heavy atom. The lowest BCUT2D eigenvalue weighted by Crippen LogP contribution is -2.40. The number of amides is 2. The smallest absolute Gasteiger partial charge is 0.255 e. The molecule has 2 aromatic carbocycles. The maximum Gasteiger partial charge on any atom is 0.255 e. The molecule has 0 saturated carbocycles. The van der Waals surface area contributed by atoms with E-state index in [0.717, 1.165) is 0 Å². The van der Waals surface area contributed by atoms with Gasteiger partial charge in [0.15, 0.2) is 0 Å². The van der Waals surface area contributed by atoms with Crippen molar-refractivity contribution in [1.29, 1.82) is 0 Å². The van der Waals surface area contributed by atoms with Crippen LogP contribution in [0.2, 0.25) is 0 Å². The molecule has 0 saturated heterocycles. The Bertz CT molecular complexity index is 764. The van der Waals surface area contributed by atoms with Gasteiger partial charge in [-0.1, -0.05) is 18.2 Å². The zero-order valence-electron chi connectivity index (χ0n) is 15.1. The highest BCUT2D eigenvalue weighted by Gasteiger charge is 2.17. The molecular formula is C20H24N2O3. The van der Waals surface area contributed by atoms with Gasteiger partial charge in [0.25, 0.3) is 11.8 Å². The zero-order chi connectivity index (χ0) is 18.4. The molecule has 0 aliphatic carbocycles. The van der Waals surface area contributed by atoms with E-state index in [1.54, 1.807) is 36.4 Å². The van der Waals surface area contributed by atoms with Crippen LogP contribution in [0, 0.1) is 0 Å². The second kappa shape index (κ2) is 7.83. The highest BCUT2D eigenvalue weighted by Crippen LogP contribution is 2.24. The molecule has 0 aliphatic heterocycles. The van der Waals surface area contributed by atoms with E-state index in [1.165, 1.54) is 0 Å². The zero-order valence-corrected chi connectivity index (χ0v) is 15.1. The van der Waals surface area contributed by atoms with Crippen LogP contribution < -0.4 is 15.4 Å². The Balaban J connectivity index is 2.18. The lowest BCUT2D eigenvalue weighted by atomic mass is 10.1. The van der Waals surface area contributed by atoms with Gasteiger partial charge in [0.1, 0.15) is 5.75 Å². The van der Waals surface area contributed by atoms with Crippen molar-refractivity contribution in [1.82, 2.24) is 5.32 Å². The fourth-order valence-electron chi connectivity index (χ4n) is 2.26. The van der Waals surface area contributed by atoms with Gasteiger partial charge in [-0.15, -0.1) is 0 Å². The van der Waals surface area contributed by atoms with Crippen molar-refractivity contribution in [2.75, 3.05) is 11.9 Å². The minimum atomic E-state index is -0.341. The van der Waals surface area contributed by atoms with Crippen LogP contribution >= 0.6 is 0 Å². The molecule has 2 rings (SSSR count). The van der Waals surface area contributed by atoms with Crippen LogP contribution in [0.15, 0.2) is 48.5 Å². The number of benzene rings is 2. The SMILES string of the molecule is CCOc1ccccc1NC(=O)c1cccc(C(=O)NC(C)(C)C)c1. The van der Waals surface area contributed by atoms with E-state index in [2.05, 4.69) is 10.6 Å². The van der Waals surface area contributed by atoms with Crippen molar-refractivity contribution < 1.29 is 14.3 Å². The second-order valence-electron chi connectivity index (χ2n) is 6.67. The van der Waals surface area contributed by atoms with Gasteiger partial charge in [0.2, 0.25) is 0 Å². The molecular weight excluding hydrogens is 316 g/mol. The lowest BCUT2D eigenvalue weighted by Gasteiger charge is -2.20. The van der Waals surface area contributed by atoms with Crippen molar-refractivity contribution in [2.45, 2.75) is 33.2 Å². The number of hydrogen-bond donors (Lipinski definition) is 2. The van der Waals surface area contributed by atoms with Crippen LogP contribution in [-0.2, 0) is 0 Å². The summed E-state index contributed by atoms with van der Waals surface area (Å²) in [6.07, 6.45) is 0. The summed E-state index contributed by atoms with van der Waals surface area (Å²) in [4.78, 5) is 24.8. The summed E-state index contributed by atoms with van der Waals surface area (Å²) in [5, 5.41) is 5.72. The number of rotatable bonds is 5. The van der Waals surface area contributed by atoms with Crippen LogP contribution in [0.4, 0.5) is 5.69 Å². The number of carbonyl (C=O) groups is 2. The maximum absolute atomic E-state index is 12.5. The minimum Gasteiger partial charge on any atom is -0.492 e. The van der Waals surface area contributed by atoms with Gasteiger partial charge in [-0.3, -0.25) is 9.59 Å². The van der Waals surface area contributed by atoms with Crippen molar-refractivity contribution >= 4 is 17.5 Å². The molecule has 0 unspecified atom stereocenters. The van der Waals surface area contributed by atoms with Crippen molar-refractivity contribution in [3.63, 3.8) is 0 Å². The van der Waals surface area contributed by atoms with Crippen LogP contribution in [0.3, 0.4) is 0 Å². The Kier molecular flexibility index (Phi) is 5.80. The third-order valence-corrected chi connectivity index (χ3v) is 3.31. The summed E-state index contributed by atoms with van der Waals surface area (Å²) >= 11 is 0. The Labute approximate surface area is 148 Å². The average molecular weight is 340 g/mol. The van der Waals surface area contributed by atoms with Crippen molar-refractivity contribution in [3.05, 3.63) is 59.7 Å². The number of nitrogens with one attached hydrogen (secondary N) is 2. The van der Waals surface area contributed by atoms with E-state index in [0.29, 0.717) is 29.2 Å². The summed E-state index contributed by atoms with van der Waals surface area (Å²) in [6.45, 7) is 8.12. The third kappa shape index (κ3) is 5.35. The summed E-state index contributed by atoms with van der Waals surface area (Å²) in [5.74, 6) is 0.106. The van der Waals surface area contributed by atoms with Gasteiger partial charge >= 0.3 is 0 Å². The molecule has 0 fully saturated rings. The first kappa shape index (κ1) is 18.5. The number of carbonyl (C=O) groups excluding carboxylic acids is 2. The number of ether oxygens (including phenoxy) is 1. The fourth-order valence-corrected chi connectivity index (χ4v) is 2.26. The summed E-state index contributed by atoms with van der Waals surface area (Å²) in [5.41, 5.74) is 1.11. The highest BCUT2D eigenvalue weighted by molar-refractivity contribution is 6.06. The molecule has 0 heterocycles. The number of hydrogen-bond acceptors (Lipinski definition) is 3. The largest absolute Gasteiger partial charge is 0.492 e. The number of anilines is 1. The maximum atomic E-state index is 12.5. The second-order valence-corrected chi connectivity index (χ2v) is 6.67. The van der Waals surface area contributed by atoms with Gasteiger partial charge in [-0.05, 0) is 58.0 Å². The quantitative estimate of drug-likeness (QED) is 0.868. The first-order valence-corrected chi connectivity index (χ1v) is 8.26. The highest BCUT2D eigenvalue weighted by atomic mass is 16.5. The van der Waals surface area contributed by atoms with Gasteiger partial charge in [0, 0.05) is 16.7 Å². The number of para-hydroxylation sites is 2. The Morgan fingerprint density at radius 2 is 1.60 bits per heavy atom. The summed E-state index contributed by atoms with van der Waals surface area (Å²) in [6, 6.07) is 13.9. The van der Waals surface area contributed by atoms with Gasteiger partial charge < -0.3 is 15.4 Å². The van der Waals surface area contributed by atoms with Crippen LogP contribution in [-0.4, -0.2) is 24.0 Å². The lowest BCUT2D eigenvalue weighted by molar-refractivity contribution is 0.0919. The van der Waals surface area contributed by atoms with Gasteiger partial charge in [-0.25, -0.2) is 0 Å². The molecule has 0 spiro atoms. The fraction of sp³-hybridized carbons (Fsp3) is 0.300. The Morgan fingerprint density at radius 1 is 0.960 bits per heavy atom. The van der Waals surface area contributed by atoms with Crippen LogP contribution in [0.5, 0.6) is 5.75 Å².